The summed E-state index contributed by atoms with van der Waals surface area (Å²) in [7, 11) is 0. The van der Waals surface area contributed by atoms with Gasteiger partial charge >= 0.3 is 35.8 Å². The van der Waals surface area contributed by atoms with Crippen LogP contribution in [0, 0.1) is 88.3 Å². The van der Waals surface area contributed by atoms with Crippen LogP contribution in [0.1, 0.15) is 251 Å². The molecule has 13 heteroatoms. The Balaban J connectivity index is 0.000000233. The summed E-state index contributed by atoms with van der Waals surface area (Å²) < 4.78 is 32.5. The Hall–Kier alpha value is -4.78. The molecule has 13 unspecified atom stereocenters. The zero-order valence-corrected chi connectivity index (χ0v) is 59.4. The lowest BCUT2D eigenvalue weighted by atomic mass is 9.45. The largest absolute Gasteiger partial charge is 0.462 e. The zero-order chi connectivity index (χ0) is 68.1. The number of carbonyl (C=O) groups excluding carboxylic acids is 6. The number of esters is 6. The molecule has 10 rings (SSSR count). The molecule has 0 radical (unpaired) electrons. The molecular weight excluding hydrogens is 1140 g/mol. The number of aliphatic hydroxyl groups excluding tert-OH is 1. The number of fused-ring (bicyclic) bond motifs is 5. The number of hydrogen-bond acceptors (Lipinski definition) is 13. The van der Waals surface area contributed by atoms with Gasteiger partial charge < -0.3 is 33.5 Å². The second kappa shape index (κ2) is 37.3. The van der Waals surface area contributed by atoms with E-state index in [2.05, 4.69) is 102 Å². The van der Waals surface area contributed by atoms with Crippen LogP contribution in [-0.4, -0.2) is 84.2 Å². The van der Waals surface area contributed by atoms with Crippen molar-refractivity contribution in [1.82, 2.24) is 0 Å². The number of aliphatic hydroxyl groups is 1. The molecule has 10 aliphatic carbocycles. The van der Waals surface area contributed by atoms with Gasteiger partial charge in [0, 0.05) is 40.5 Å². The van der Waals surface area contributed by atoms with Crippen molar-refractivity contribution in [2.75, 3.05) is 13.2 Å². The topological polar surface area (TPSA) is 178 Å². The molecule has 0 aromatic rings. The van der Waals surface area contributed by atoms with E-state index in [1.54, 1.807) is 34.6 Å². The van der Waals surface area contributed by atoms with Gasteiger partial charge in [0.25, 0.3) is 0 Å². The minimum Gasteiger partial charge on any atom is -0.462 e. The fraction of sp³-hybridized carbons (Fsp3) is 0.769. The molecule has 1 N–H and O–H groups in total. The van der Waals surface area contributed by atoms with E-state index < -0.39 is 0 Å². The van der Waals surface area contributed by atoms with Gasteiger partial charge in [-0.1, -0.05) is 127 Å². The van der Waals surface area contributed by atoms with Gasteiger partial charge in [0.2, 0.25) is 0 Å². The van der Waals surface area contributed by atoms with E-state index in [9.17, 15) is 28.8 Å². The van der Waals surface area contributed by atoms with Crippen molar-refractivity contribution in [3.8, 4) is 0 Å². The Bertz CT molecular complexity index is 2420. The SMILES string of the molecule is C=C(C)C(=O)OC12CCC(CC1)C2.C=C(C)C(=O)OC1CC(C(C)C)CCC1C.C=C(C)C(=O)OC1CC2CC(C1C)C2(C)C.C=C(C)C(=O)OC1CCC2CCCCC2C1.C=C(C)C(=O)OCC1CCC(CO)CC1.C=CC(=O)OC1CC(C(C)C)CCC1C. The monoisotopic (exact) mass is 1270 g/mol. The lowest BCUT2D eigenvalue weighted by Gasteiger charge is -2.61. The van der Waals surface area contributed by atoms with Gasteiger partial charge in [-0.15, -0.1) is 0 Å². The molecule has 91 heavy (non-hydrogen) atoms. The van der Waals surface area contributed by atoms with Crippen LogP contribution in [-0.2, 0) is 57.2 Å². The standard InChI is InChI=1S/2C14H22O2.C14H24O2.C13H22O2.C12H20O3.C11H16O2/c1-8(2)13(15)16-12-7-10-6-11(9(12)3)14(10,4)5;1-10(2)14(15)16-13-8-7-11-5-3-4-6-12(11)9-13;1-9(2)12-7-6-11(5)13(8-12)16-14(15)10(3)4;1-5-13(14)15-12-8-11(9(2)3)7-6-10(12)4;1-9(2)12(14)15-8-11-5-3-10(7-13)4-6-11;1-8(2)10(12)13-11-5-3-9(7-11)4-6-11/h9-12H,1,6-7H2,2-5H3;11-13H,1,3-9H2,2H3;9,11-13H,3,6-8H2,1-2,4-5H3;5,9-12H,1,6-8H2,2-4H3;10-11,13H,1,3-8H2,2H3;9H,1,3-7H2,2H3. The summed E-state index contributed by atoms with van der Waals surface area (Å²) in [6.07, 6.45) is 29.7. The fourth-order valence-electron chi connectivity index (χ4n) is 15.7. The average Bonchev–Trinajstić information content (AvgIpc) is 1.48. The number of hydrogen-bond donors (Lipinski definition) is 1. The van der Waals surface area contributed by atoms with Crippen LogP contribution in [0.5, 0.6) is 0 Å². The summed E-state index contributed by atoms with van der Waals surface area (Å²) in [6, 6.07) is 0. The molecule has 0 aliphatic heterocycles. The van der Waals surface area contributed by atoms with Crippen molar-refractivity contribution in [2.24, 2.45) is 88.3 Å². The van der Waals surface area contributed by atoms with E-state index in [0.717, 1.165) is 114 Å². The highest BCUT2D eigenvalue weighted by atomic mass is 16.6. The van der Waals surface area contributed by atoms with Crippen LogP contribution < -0.4 is 0 Å². The van der Waals surface area contributed by atoms with E-state index >= 15 is 0 Å². The second-order valence-corrected chi connectivity index (χ2v) is 31.0. The molecule has 516 valence electrons. The first-order valence-electron chi connectivity index (χ1n) is 35.5. The molecule has 10 saturated carbocycles. The number of rotatable bonds is 16. The van der Waals surface area contributed by atoms with Gasteiger partial charge in [-0.2, -0.15) is 0 Å². The van der Waals surface area contributed by atoms with Crippen molar-refractivity contribution in [2.45, 2.75) is 281 Å². The van der Waals surface area contributed by atoms with E-state index in [0.29, 0.717) is 99.1 Å². The summed E-state index contributed by atoms with van der Waals surface area (Å²) in [5.41, 5.74) is 2.85. The molecule has 0 amide bonds. The number of carbonyl (C=O) groups is 6. The van der Waals surface area contributed by atoms with E-state index in [1.807, 2.05) is 0 Å². The van der Waals surface area contributed by atoms with E-state index in [4.69, 9.17) is 33.5 Å². The summed E-state index contributed by atoms with van der Waals surface area (Å²) in [4.78, 5) is 68.1. The first-order chi connectivity index (χ1) is 42.7. The van der Waals surface area contributed by atoms with Crippen molar-refractivity contribution in [3.05, 3.63) is 73.4 Å². The lowest BCUT2D eigenvalue weighted by Crippen LogP contribution is -2.57. The fourth-order valence-corrected chi connectivity index (χ4v) is 15.7. The average molecular weight is 1270 g/mol. The number of ether oxygens (including phenoxy) is 6. The molecule has 0 spiro atoms. The molecule has 13 nitrogen and oxygen atoms in total. The minimum atomic E-state index is -0.292. The first-order valence-corrected chi connectivity index (χ1v) is 35.5. The Kier molecular flexibility index (Phi) is 32.3. The molecular formula is C78H126O13. The lowest BCUT2D eigenvalue weighted by molar-refractivity contribution is -0.182. The molecule has 0 heterocycles. The Labute approximate surface area is 551 Å². The second-order valence-electron chi connectivity index (χ2n) is 31.0. The first kappa shape index (κ1) is 78.7. The third-order valence-corrected chi connectivity index (χ3v) is 22.6. The summed E-state index contributed by atoms with van der Waals surface area (Å²) >= 11 is 0. The van der Waals surface area contributed by atoms with Crippen LogP contribution >= 0.6 is 0 Å². The zero-order valence-electron chi connectivity index (χ0n) is 59.4. The maximum atomic E-state index is 11.5. The van der Waals surface area contributed by atoms with Gasteiger partial charge in [-0.3, -0.25) is 0 Å². The summed E-state index contributed by atoms with van der Waals surface area (Å²) in [5, 5.41) is 8.97. The molecule has 0 aromatic carbocycles. The Morgan fingerprint density at radius 1 is 0.516 bits per heavy atom. The van der Waals surface area contributed by atoms with Crippen LogP contribution in [0.25, 0.3) is 0 Å². The highest BCUT2D eigenvalue weighted by molar-refractivity contribution is 5.89. The molecule has 0 saturated heterocycles. The van der Waals surface area contributed by atoms with Gasteiger partial charge in [0.05, 0.1) is 6.61 Å². The van der Waals surface area contributed by atoms with Gasteiger partial charge in [0.15, 0.2) is 0 Å². The molecule has 10 fully saturated rings. The Morgan fingerprint density at radius 2 is 0.989 bits per heavy atom. The maximum Gasteiger partial charge on any atom is 0.333 e. The molecule has 10 aliphatic rings. The summed E-state index contributed by atoms with van der Waals surface area (Å²) in [6.45, 7) is 51.0. The van der Waals surface area contributed by atoms with Gasteiger partial charge in [-0.25, -0.2) is 28.8 Å². The quantitative estimate of drug-likeness (QED) is 0.0878. The normalized spacial score (nSPS) is 32.9. The third kappa shape index (κ3) is 24.8. The predicted octanol–water partition coefficient (Wildman–Crippen LogP) is 17.7. The molecule has 13 atom stereocenters. The van der Waals surface area contributed by atoms with E-state index in [1.165, 1.54) is 70.3 Å². The molecule has 4 bridgehead atoms. The van der Waals surface area contributed by atoms with E-state index in [-0.39, 0.29) is 72.4 Å². The third-order valence-electron chi connectivity index (χ3n) is 22.6. The predicted molar refractivity (Wildman–Crippen MR) is 364 cm³/mol. The van der Waals surface area contributed by atoms with Gasteiger partial charge in [-0.05, 0) is 251 Å². The smallest absolute Gasteiger partial charge is 0.333 e. The van der Waals surface area contributed by atoms with Crippen molar-refractivity contribution < 1.29 is 62.3 Å². The van der Waals surface area contributed by atoms with Crippen LogP contribution in [0.3, 0.4) is 0 Å². The minimum absolute atomic E-state index is 0.0883. The molecule has 0 aromatic heterocycles. The van der Waals surface area contributed by atoms with Crippen molar-refractivity contribution in [1.29, 1.82) is 0 Å². The van der Waals surface area contributed by atoms with Gasteiger partial charge in [0.1, 0.15) is 30.0 Å². The highest BCUT2D eigenvalue weighted by Gasteiger charge is 2.57. The highest BCUT2D eigenvalue weighted by Crippen LogP contribution is 2.62. The maximum absolute atomic E-state index is 11.5. The Morgan fingerprint density at radius 3 is 1.43 bits per heavy atom. The van der Waals surface area contributed by atoms with Crippen LogP contribution in [0.2, 0.25) is 0 Å². The van der Waals surface area contributed by atoms with Crippen LogP contribution in [0.15, 0.2) is 73.4 Å². The summed E-state index contributed by atoms with van der Waals surface area (Å²) in [5.74, 6) is 7.68. The van der Waals surface area contributed by atoms with Crippen molar-refractivity contribution >= 4 is 35.8 Å². The van der Waals surface area contributed by atoms with Crippen LogP contribution in [0.4, 0.5) is 0 Å². The van der Waals surface area contributed by atoms with Crippen molar-refractivity contribution in [3.63, 3.8) is 0 Å².